The maximum absolute atomic E-state index is 13.2. The van der Waals surface area contributed by atoms with Crippen LogP contribution in [0, 0.1) is 5.41 Å². The Morgan fingerprint density at radius 1 is 1.23 bits per heavy atom. The Bertz CT molecular complexity index is 997. The number of hydrogen-bond donors (Lipinski definition) is 2. The number of aromatic amines is 1. The van der Waals surface area contributed by atoms with Crippen LogP contribution in [0.1, 0.15) is 36.3 Å². The summed E-state index contributed by atoms with van der Waals surface area (Å²) >= 11 is 1.71. The molecule has 2 amide bonds. The molecule has 1 aliphatic rings. The first kappa shape index (κ1) is 20.3. The predicted molar refractivity (Wildman–Crippen MR) is 118 cm³/mol. The molecule has 30 heavy (non-hydrogen) atoms. The first-order chi connectivity index (χ1) is 14.5. The van der Waals surface area contributed by atoms with Gasteiger partial charge in [0.05, 0.1) is 5.41 Å². The molecule has 0 aliphatic carbocycles. The van der Waals surface area contributed by atoms with Crippen molar-refractivity contribution in [3.05, 3.63) is 65.3 Å². The zero-order valence-corrected chi connectivity index (χ0v) is 18.0. The van der Waals surface area contributed by atoms with Gasteiger partial charge in [-0.25, -0.2) is 0 Å². The number of nitrogens with one attached hydrogen (secondary N) is 2. The van der Waals surface area contributed by atoms with Gasteiger partial charge in [0.25, 0.3) is 5.91 Å². The summed E-state index contributed by atoms with van der Waals surface area (Å²) < 4.78 is 0. The van der Waals surface area contributed by atoms with Crippen LogP contribution in [0.25, 0.3) is 10.4 Å². The molecular formula is C23H26N4O2S. The lowest BCUT2D eigenvalue weighted by molar-refractivity contribution is -0.130. The molecule has 0 radical (unpaired) electrons. The minimum absolute atomic E-state index is 0.0137. The van der Waals surface area contributed by atoms with Gasteiger partial charge >= 0.3 is 0 Å². The molecule has 1 aromatic carbocycles. The van der Waals surface area contributed by atoms with Crippen molar-refractivity contribution in [2.75, 3.05) is 13.1 Å². The molecule has 0 saturated carbocycles. The van der Waals surface area contributed by atoms with Gasteiger partial charge in [0.15, 0.2) is 0 Å². The molecule has 156 valence electrons. The highest BCUT2D eigenvalue weighted by molar-refractivity contribution is 7.13. The highest BCUT2D eigenvalue weighted by atomic mass is 32.1. The van der Waals surface area contributed by atoms with Gasteiger partial charge in [0.2, 0.25) is 5.91 Å². The van der Waals surface area contributed by atoms with E-state index < -0.39 is 5.41 Å². The standard InChI is InChI=1S/C23H26N4O2S/c1-16(2)25-22(29)23(10-12-27(15-23)21(28)19-9-11-24-26-19)14-17-5-7-18(8-6-17)20-4-3-13-30-20/h3-9,11,13,16H,10,12,14-15H2,1-2H3,(H,24,26)(H,25,29)/t23-/m1/s1. The smallest absolute Gasteiger partial charge is 0.271 e. The van der Waals surface area contributed by atoms with Crippen molar-refractivity contribution in [2.24, 2.45) is 5.41 Å². The summed E-state index contributed by atoms with van der Waals surface area (Å²) in [6, 6.07) is 14.3. The third-order valence-corrected chi connectivity index (χ3v) is 6.49. The van der Waals surface area contributed by atoms with Crippen LogP contribution in [0.3, 0.4) is 0 Å². The molecule has 0 spiro atoms. The van der Waals surface area contributed by atoms with E-state index >= 15 is 0 Å². The zero-order chi connectivity index (χ0) is 21.1. The summed E-state index contributed by atoms with van der Waals surface area (Å²) in [7, 11) is 0. The van der Waals surface area contributed by atoms with Crippen molar-refractivity contribution in [1.82, 2.24) is 20.4 Å². The second-order valence-corrected chi connectivity index (χ2v) is 9.15. The van der Waals surface area contributed by atoms with Crippen LogP contribution in [0.15, 0.2) is 54.0 Å². The van der Waals surface area contributed by atoms with Crippen molar-refractivity contribution in [1.29, 1.82) is 0 Å². The van der Waals surface area contributed by atoms with Gasteiger partial charge in [-0.2, -0.15) is 5.10 Å². The number of thiophene rings is 1. The summed E-state index contributed by atoms with van der Waals surface area (Å²) in [5.41, 5.74) is 2.10. The second kappa shape index (κ2) is 8.44. The second-order valence-electron chi connectivity index (χ2n) is 8.21. The van der Waals surface area contributed by atoms with Crippen LogP contribution in [0.4, 0.5) is 0 Å². The fraction of sp³-hybridized carbons (Fsp3) is 0.348. The van der Waals surface area contributed by atoms with Gasteiger partial charge in [-0.15, -0.1) is 11.3 Å². The fourth-order valence-electron chi connectivity index (χ4n) is 4.04. The normalized spacial score (nSPS) is 18.7. The summed E-state index contributed by atoms with van der Waals surface area (Å²) in [4.78, 5) is 29.0. The molecule has 6 nitrogen and oxygen atoms in total. The maximum Gasteiger partial charge on any atom is 0.271 e. The summed E-state index contributed by atoms with van der Waals surface area (Å²) in [5.74, 6) is -0.0977. The van der Waals surface area contributed by atoms with E-state index in [9.17, 15) is 9.59 Å². The van der Waals surface area contributed by atoms with Gasteiger partial charge in [-0.05, 0) is 55.3 Å². The number of hydrogen-bond acceptors (Lipinski definition) is 4. The van der Waals surface area contributed by atoms with Crippen molar-refractivity contribution in [3.63, 3.8) is 0 Å². The van der Waals surface area contributed by atoms with Crippen LogP contribution in [0.2, 0.25) is 0 Å². The minimum Gasteiger partial charge on any atom is -0.353 e. The van der Waals surface area contributed by atoms with E-state index in [0.29, 0.717) is 31.6 Å². The predicted octanol–water partition coefficient (Wildman–Crippen LogP) is 3.74. The lowest BCUT2D eigenvalue weighted by atomic mass is 9.79. The van der Waals surface area contributed by atoms with E-state index in [1.54, 1.807) is 28.5 Å². The Hall–Kier alpha value is -2.93. The highest BCUT2D eigenvalue weighted by Crippen LogP contribution is 2.36. The van der Waals surface area contributed by atoms with Crippen molar-refractivity contribution >= 4 is 23.2 Å². The number of benzene rings is 1. The molecule has 1 fully saturated rings. The first-order valence-electron chi connectivity index (χ1n) is 10.2. The molecule has 3 aromatic rings. The van der Waals surface area contributed by atoms with Crippen LogP contribution < -0.4 is 5.32 Å². The molecule has 1 atom stereocenters. The molecule has 1 saturated heterocycles. The van der Waals surface area contributed by atoms with E-state index in [0.717, 1.165) is 5.56 Å². The Kier molecular flexibility index (Phi) is 5.72. The van der Waals surface area contributed by atoms with Gasteiger partial charge in [0.1, 0.15) is 5.69 Å². The van der Waals surface area contributed by atoms with E-state index in [2.05, 4.69) is 51.2 Å². The number of rotatable bonds is 6. The number of aromatic nitrogens is 2. The lowest BCUT2D eigenvalue weighted by Crippen LogP contribution is -2.47. The molecule has 0 unspecified atom stereocenters. The van der Waals surface area contributed by atoms with Gasteiger partial charge in [0, 0.05) is 30.2 Å². The van der Waals surface area contributed by atoms with Crippen LogP contribution in [0.5, 0.6) is 0 Å². The van der Waals surface area contributed by atoms with E-state index in [4.69, 9.17) is 0 Å². The molecule has 3 heterocycles. The van der Waals surface area contributed by atoms with Crippen LogP contribution >= 0.6 is 11.3 Å². The lowest BCUT2D eigenvalue weighted by Gasteiger charge is -2.29. The number of amides is 2. The third-order valence-electron chi connectivity index (χ3n) is 5.58. The van der Waals surface area contributed by atoms with Crippen molar-refractivity contribution in [2.45, 2.75) is 32.7 Å². The molecule has 7 heteroatoms. The fourth-order valence-corrected chi connectivity index (χ4v) is 4.77. The molecular weight excluding hydrogens is 396 g/mol. The van der Waals surface area contributed by atoms with Crippen molar-refractivity contribution < 1.29 is 9.59 Å². The summed E-state index contributed by atoms with van der Waals surface area (Å²) in [6.07, 6.45) is 2.80. The van der Waals surface area contributed by atoms with Gasteiger partial charge in [-0.3, -0.25) is 14.7 Å². The monoisotopic (exact) mass is 422 g/mol. The Balaban J connectivity index is 1.56. The van der Waals surface area contributed by atoms with E-state index in [1.807, 2.05) is 19.9 Å². The summed E-state index contributed by atoms with van der Waals surface area (Å²) in [5, 5.41) is 11.7. The SMILES string of the molecule is CC(C)NC(=O)[C@@]1(Cc2ccc(-c3cccs3)cc2)CCN(C(=O)c2ccn[nH]2)C1. The Morgan fingerprint density at radius 3 is 2.67 bits per heavy atom. The Morgan fingerprint density at radius 2 is 2.03 bits per heavy atom. The number of H-pyrrole nitrogens is 1. The molecule has 4 rings (SSSR count). The average Bonchev–Trinajstić information content (AvgIpc) is 3.49. The molecule has 0 bridgehead atoms. The van der Waals surface area contributed by atoms with Gasteiger partial charge in [-0.1, -0.05) is 30.3 Å². The minimum atomic E-state index is -0.635. The van der Waals surface area contributed by atoms with E-state index in [1.165, 1.54) is 10.4 Å². The van der Waals surface area contributed by atoms with Crippen LogP contribution in [-0.4, -0.2) is 46.0 Å². The molecule has 1 aliphatic heterocycles. The Labute approximate surface area is 180 Å². The largest absolute Gasteiger partial charge is 0.353 e. The maximum atomic E-state index is 13.2. The third kappa shape index (κ3) is 4.16. The number of carbonyl (C=O) groups excluding carboxylic acids is 2. The first-order valence-corrected chi connectivity index (χ1v) is 11.1. The average molecular weight is 423 g/mol. The summed E-state index contributed by atoms with van der Waals surface area (Å²) in [6.45, 7) is 4.88. The number of carbonyl (C=O) groups is 2. The quantitative estimate of drug-likeness (QED) is 0.635. The van der Waals surface area contributed by atoms with Crippen LogP contribution in [-0.2, 0) is 11.2 Å². The number of likely N-dealkylation sites (tertiary alicyclic amines) is 1. The highest BCUT2D eigenvalue weighted by Gasteiger charge is 2.46. The molecule has 2 aromatic heterocycles. The molecule has 2 N–H and O–H groups in total. The van der Waals surface area contributed by atoms with Crippen molar-refractivity contribution in [3.8, 4) is 10.4 Å². The topological polar surface area (TPSA) is 78.1 Å². The van der Waals surface area contributed by atoms with E-state index in [-0.39, 0.29) is 17.9 Å². The van der Waals surface area contributed by atoms with Gasteiger partial charge < -0.3 is 10.2 Å². The zero-order valence-electron chi connectivity index (χ0n) is 17.2. The number of nitrogens with zero attached hydrogens (tertiary/aromatic N) is 2.